The first-order chi connectivity index (χ1) is 12.1. The van der Waals surface area contributed by atoms with Crippen LogP contribution in [-0.4, -0.2) is 52.5 Å². The van der Waals surface area contributed by atoms with E-state index in [1.165, 1.54) is 24.1 Å². The minimum absolute atomic E-state index is 0.305. The van der Waals surface area contributed by atoms with Crippen LogP contribution >= 0.6 is 11.8 Å². The largest absolute Gasteiger partial charge is 0.365 e. The second-order valence-electron chi connectivity index (χ2n) is 7.93. The average molecular weight is 360 g/mol. The van der Waals surface area contributed by atoms with Crippen molar-refractivity contribution in [2.45, 2.75) is 49.1 Å². The molecule has 3 aliphatic heterocycles. The highest BCUT2D eigenvalue weighted by atomic mass is 32.2. The van der Waals surface area contributed by atoms with E-state index in [4.69, 9.17) is 0 Å². The Kier molecular flexibility index (Phi) is 4.71. The van der Waals surface area contributed by atoms with Gasteiger partial charge in [-0.3, -0.25) is 4.79 Å². The Hall–Kier alpha value is -1.20. The number of nitrogens with zero attached hydrogens (tertiary/aromatic N) is 2. The van der Waals surface area contributed by atoms with Crippen LogP contribution in [-0.2, 0) is 4.79 Å². The lowest BCUT2D eigenvalue weighted by molar-refractivity contribution is -0.131. The van der Waals surface area contributed by atoms with Gasteiger partial charge in [0.05, 0.1) is 5.37 Å². The molecule has 0 aromatic carbocycles. The summed E-state index contributed by atoms with van der Waals surface area (Å²) in [5, 5.41) is 3.69. The number of hydrogen-bond donors (Lipinski definition) is 1. The van der Waals surface area contributed by atoms with Crippen molar-refractivity contribution in [1.29, 1.82) is 0 Å². The Balaban J connectivity index is 1.33. The fourth-order valence-electron chi connectivity index (χ4n) is 4.54. The summed E-state index contributed by atoms with van der Waals surface area (Å²) in [6.07, 6.45) is 13.6. The van der Waals surface area contributed by atoms with Crippen LogP contribution in [0.15, 0.2) is 35.7 Å². The SMILES string of the molecule is CC1SC2(CCN(C)CC2)CN1C(=O)CCC1=CNC2=CC=CCC12. The second kappa shape index (κ2) is 6.84. The van der Waals surface area contributed by atoms with Crippen LogP contribution in [0.2, 0.25) is 0 Å². The molecule has 4 aliphatic rings. The first-order valence-corrected chi connectivity index (χ1v) is 10.4. The van der Waals surface area contributed by atoms with E-state index >= 15 is 0 Å². The molecule has 0 aromatic heterocycles. The fraction of sp³-hybridized carbons (Fsp3) is 0.650. The van der Waals surface area contributed by atoms with E-state index in [1.807, 2.05) is 11.8 Å². The number of carbonyl (C=O) groups is 1. The molecule has 136 valence electrons. The lowest BCUT2D eigenvalue weighted by Crippen LogP contribution is -2.44. The molecule has 1 aliphatic carbocycles. The van der Waals surface area contributed by atoms with Crippen molar-refractivity contribution in [3.8, 4) is 0 Å². The number of likely N-dealkylation sites (tertiary alicyclic amines) is 1. The highest BCUT2D eigenvalue weighted by Gasteiger charge is 2.45. The molecule has 4 nitrogen and oxygen atoms in total. The van der Waals surface area contributed by atoms with Gasteiger partial charge in [-0.25, -0.2) is 0 Å². The van der Waals surface area contributed by atoms with Crippen molar-refractivity contribution in [2.24, 2.45) is 5.92 Å². The summed E-state index contributed by atoms with van der Waals surface area (Å²) in [6.45, 7) is 5.47. The zero-order chi connectivity index (χ0) is 17.4. The molecule has 5 heteroatoms. The van der Waals surface area contributed by atoms with Gasteiger partial charge in [0.1, 0.15) is 0 Å². The maximum Gasteiger partial charge on any atom is 0.223 e. The maximum absolute atomic E-state index is 12.9. The topological polar surface area (TPSA) is 35.6 Å². The van der Waals surface area contributed by atoms with Crippen molar-refractivity contribution >= 4 is 17.7 Å². The van der Waals surface area contributed by atoms with Crippen LogP contribution < -0.4 is 5.32 Å². The minimum atomic E-state index is 0.305. The fourth-order valence-corrected chi connectivity index (χ4v) is 6.22. The standard InChI is InChI=1S/C20H29N3OS/c1-15-23(14-20(25-15)9-11-22(2)12-10-20)19(24)8-7-16-13-21-18-6-4-3-5-17(16)18/h3-4,6,13,15,17,21H,5,7-12,14H2,1-2H3. The third-order valence-corrected chi connectivity index (χ3v) is 7.83. The Morgan fingerprint density at radius 2 is 2.20 bits per heavy atom. The van der Waals surface area contributed by atoms with Gasteiger partial charge in [0.15, 0.2) is 0 Å². The molecule has 1 amide bonds. The van der Waals surface area contributed by atoms with Gasteiger partial charge in [-0.05, 0) is 64.4 Å². The lowest BCUT2D eigenvalue weighted by atomic mass is 9.89. The van der Waals surface area contributed by atoms with Crippen molar-refractivity contribution in [2.75, 3.05) is 26.7 Å². The van der Waals surface area contributed by atoms with Crippen LogP contribution in [0, 0.1) is 5.92 Å². The van der Waals surface area contributed by atoms with E-state index in [9.17, 15) is 4.79 Å². The second-order valence-corrected chi connectivity index (χ2v) is 9.71. The first kappa shape index (κ1) is 17.2. The molecule has 3 heterocycles. The van der Waals surface area contributed by atoms with E-state index in [-0.39, 0.29) is 0 Å². The van der Waals surface area contributed by atoms with Gasteiger partial charge in [0.25, 0.3) is 0 Å². The average Bonchev–Trinajstić information content (AvgIpc) is 3.17. The van der Waals surface area contributed by atoms with Crippen LogP contribution in [0.5, 0.6) is 0 Å². The van der Waals surface area contributed by atoms with Crippen LogP contribution in [0.25, 0.3) is 0 Å². The molecule has 0 saturated carbocycles. The summed E-state index contributed by atoms with van der Waals surface area (Å²) in [7, 11) is 2.20. The number of hydrogen-bond acceptors (Lipinski definition) is 4. The molecule has 0 radical (unpaired) electrons. The van der Waals surface area contributed by atoms with Gasteiger partial charge >= 0.3 is 0 Å². The summed E-state index contributed by atoms with van der Waals surface area (Å²) in [6, 6.07) is 0. The third-order valence-electron chi connectivity index (χ3n) is 6.20. The van der Waals surface area contributed by atoms with Crippen molar-refractivity contribution in [1.82, 2.24) is 15.1 Å². The van der Waals surface area contributed by atoms with Crippen LogP contribution in [0.1, 0.15) is 39.0 Å². The summed E-state index contributed by atoms with van der Waals surface area (Å²) < 4.78 is 0.305. The number of thioether (sulfide) groups is 1. The molecule has 0 aromatic rings. The van der Waals surface area contributed by atoms with E-state index < -0.39 is 0 Å². The minimum Gasteiger partial charge on any atom is -0.365 e. The Bertz CT molecular complexity index is 631. The molecular formula is C20H29N3OS. The van der Waals surface area contributed by atoms with Crippen molar-refractivity contribution < 1.29 is 4.79 Å². The number of fused-ring (bicyclic) bond motifs is 1. The lowest BCUT2D eigenvalue weighted by Gasteiger charge is -2.36. The number of carbonyl (C=O) groups excluding carboxylic acids is 1. The van der Waals surface area contributed by atoms with Gasteiger partial charge in [-0.2, -0.15) is 0 Å². The molecule has 1 N–H and O–H groups in total. The van der Waals surface area contributed by atoms with E-state index in [0.717, 1.165) is 32.5 Å². The predicted octanol–water partition coefficient (Wildman–Crippen LogP) is 3.10. The first-order valence-electron chi connectivity index (χ1n) is 9.54. The number of rotatable bonds is 3. The molecule has 2 fully saturated rings. The molecular weight excluding hydrogens is 330 g/mol. The van der Waals surface area contributed by atoms with Crippen molar-refractivity contribution in [3.63, 3.8) is 0 Å². The molecule has 4 rings (SSSR count). The molecule has 1 spiro atoms. The monoisotopic (exact) mass is 359 g/mol. The Morgan fingerprint density at radius 3 is 3.00 bits per heavy atom. The molecule has 2 atom stereocenters. The highest BCUT2D eigenvalue weighted by molar-refractivity contribution is 8.01. The molecule has 2 unspecified atom stereocenters. The maximum atomic E-state index is 12.9. The van der Waals surface area contributed by atoms with Gasteiger partial charge in [-0.15, -0.1) is 11.8 Å². The summed E-state index contributed by atoms with van der Waals surface area (Å²) in [5.74, 6) is 0.809. The Morgan fingerprint density at radius 1 is 1.40 bits per heavy atom. The predicted molar refractivity (Wildman–Crippen MR) is 104 cm³/mol. The van der Waals surface area contributed by atoms with E-state index in [0.29, 0.717) is 28.4 Å². The van der Waals surface area contributed by atoms with Gasteiger partial charge < -0.3 is 15.1 Å². The number of nitrogens with one attached hydrogen (secondary N) is 1. The van der Waals surface area contributed by atoms with E-state index in [1.54, 1.807) is 0 Å². The van der Waals surface area contributed by atoms with Gasteiger partial charge in [0, 0.05) is 35.5 Å². The smallest absolute Gasteiger partial charge is 0.223 e. The molecule has 2 saturated heterocycles. The summed E-state index contributed by atoms with van der Waals surface area (Å²) in [4.78, 5) is 17.4. The summed E-state index contributed by atoms with van der Waals surface area (Å²) >= 11 is 2.04. The quantitative estimate of drug-likeness (QED) is 0.840. The normalized spacial score (nSPS) is 30.9. The van der Waals surface area contributed by atoms with Gasteiger partial charge in [0.2, 0.25) is 5.91 Å². The molecule has 0 bridgehead atoms. The van der Waals surface area contributed by atoms with Gasteiger partial charge in [-0.1, -0.05) is 12.2 Å². The molecule has 25 heavy (non-hydrogen) atoms. The number of amides is 1. The van der Waals surface area contributed by atoms with E-state index in [2.05, 4.69) is 53.5 Å². The third kappa shape index (κ3) is 3.41. The van der Waals surface area contributed by atoms with Crippen LogP contribution in [0.3, 0.4) is 0 Å². The zero-order valence-electron chi connectivity index (χ0n) is 15.3. The zero-order valence-corrected chi connectivity index (χ0v) is 16.1. The number of piperidine rings is 1. The van der Waals surface area contributed by atoms with Crippen LogP contribution in [0.4, 0.5) is 0 Å². The van der Waals surface area contributed by atoms with Crippen molar-refractivity contribution in [3.05, 3.63) is 35.7 Å². The Labute approximate surface area is 155 Å². The summed E-state index contributed by atoms with van der Waals surface area (Å²) in [5.41, 5.74) is 2.68. The number of allylic oxidation sites excluding steroid dienone is 4. The highest BCUT2D eigenvalue weighted by Crippen LogP contribution is 2.46.